The van der Waals surface area contributed by atoms with Crippen LogP contribution in [0.25, 0.3) is 0 Å². The van der Waals surface area contributed by atoms with E-state index in [1.165, 1.54) is 24.5 Å². The van der Waals surface area contributed by atoms with E-state index in [-0.39, 0.29) is 17.8 Å². The lowest BCUT2D eigenvalue weighted by atomic mass is 9.89. The molecule has 2 saturated heterocycles. The van der Waals surface area contributed by atoms with Gasteiger partial charge in [0.2, 0.25) is 0 Å². The van der Waals surface area contributed by atoms with E-state index < -0.39 is 0 Å². The summed E-state index contributed by atoms with van der Waals surface area (Å²) in [5.41, 5.74) is 1.31. The van der Waals surface area contributed by atoms with E-state index in [0.29, 0.717) is 29.0 Å². The van der Waals surface area contributed by atoms with Crippen molar-refractivity contribution in [2.24, 2.45) is 11.8 Å². The fraction of sp³-hybridized carbons (Fsp3) is 0.333. The quantitative estimate of drug-likeness (QED) is 0.910. The van der Waals surface area contributed by atoms with Crippen LogP contribution in [0.1, 0.15) is 22.0 Å². The number of rotatable bonds is 2. The fourth-order valence-electron chi connectivity index (χ4n) is 3.94. The molecular formula is C18H17ClFN3O. The van der Waals surface area contributed by atoms with Crippen LogP contribution >= 0.6 is 11.6 Å². The maximum Gasteiger partial charge on any atom is 0.256 e. The summed E-state index contributed by atoms with van der Waals surface area (Å²) in [6, 6.07) is 8.05. The summed E-state index contributed by atoms with van der Waals surface area (Å²) in [4.78, 5) is 18.9. The maximum absolute atomic E-state index is 13.7. The van der Waals surface area contributed by atoms with Gasteiger partial charge in [0.05, 0.1) is 16.6 Å². The zero-order valence-corrected chi connectivity index (χ0v) is 13.7. The van der Waals surface area contributed by atoms with Crippen LogP contribution in [0.2, 0.25) is 5.02 Å². The number of aromatic nitrogens is 1. The zero-order valence-electron chi connectivity index (χ0n) is 13.0. The molecule has 0 saturated carbocycles. The van der Waals surface area contributed by atoms with Gasteiger partial charge < -0.3 is 10.2 Å². The summed E-state index contributed by atoms with van der Waals surface area (Å²) in [6.07, 6.45) is 3.04. The molecule has 4 nitrogen and oxygen atoms in total. The molecule has 124 valence electrons. The van der Waals surface area contributed by atoms with Crippen LogP contribution in [-0.2, 0) is 0 Å². The average Bonchev–Trinajstić information content (AvgIpc) is 3.14. The van der Waals surface area contributed by atoms with Gasteiger partial charge in [-0.15, -0.1) is 0 Å². The number of hydrogen-bond donors (Lipinski definition) is 1. The Kier molecular flexibility index (Phi) is 3.98. The number of benzene rings is 1. The molecule has 0 unspecified atom stereocenters. The molecule has 4 rings (SSSR count). The molecule has 0 radical (unpaired) electrons. The minimum absolute atomic E-state index is 0.103. The average molecular weight is 346 g/mol. The van der Waals surface area contributed by atoms with Crippen molar-refractivity contribution in [2.75, 3.05) is 19.6 Å². The number of nitrogens with one attached hydrogen (secondary N) is 1. The second-order valence-corrected chi connectivity index (χ2v) is 6.87. The van der Waals surface area contributed by atoms with E-state index >= 15 is 0 Å². The van der Waals surface area contributed by atoms with Gasteiger partial charge in [0, 0.05) is 37.9 Å². The first-order valence-electron chi connectivity index (χ1n) is 8.01. The number of carbonyl (C=O) groups excluding carboxylic acids is 1. The van der Waals surface area contributed by atoms with Crippen molar-refractivity contribution in [3.8, 4) is 0 Å². The summed E-state index contributed by atoms with van der Waals surface area (Å²) < 4.78 is 13.7. The molecule has 3 heterocycles. The van der Waals surface area contributed by atoms with E-state index in [1.54, 1.807) is 12.1 Å². The van der Waals surface area contributed by atoms with Crippen molar-refractivity contribution in [2.45, 2.75) is 6.04 Å². The van der Waals surface area contributed by atoms with Crippen molar-refractivity contribution in [3.63, 3.8) is 0 Å². The van der Waals surface area contributed by atoms with E-state index in [2.05, 4.69) is 10.3 Å². The highest BCUT2D eigenvalue weighted by Gasteiger charge is 2.46. The molecule has 0 aliphatic carbocycles. The molecule has 2 aliphatic rings. The number of carbonyl (C=O) groups is 1. The number of halogens is 2. The topological polar surface area (TPSA) is 45.2 Å². The second-order valence-electron chi connectivity index (χ2n) is 6.43. The van der Waals surface area contributed by atoms with Crippen molar-refractivity contribution in [1.82, 2.24) is 15.2 Å². The van der Waals surface area contributed by atoms with E-state index in [4.69, 9.17) is 11.6 Å². The summed E-state index contributed by atoms with van der Waals surface area (Å²) in [6.45, 7) is 2.38. The number of nitrogens with zero attached hydrogens (tertiary/aromatic N) is 2. The lowest BCUT2D eigenvalue weighted by Gasteiger charge is -2.28. The van der Waals surface area contributed by atoms with Crippen molar-refractivity contribution in [3.05, 3.63) is 64.7 Å². The highest BCUT2D eigenvalue weighted by atomic mass is 35.5. The molecule has 1 aromatic carbocycles. The third-order valence-corrected chi connectivity index (χ3v) is 5.17. The van der Waals surface area contributed by atoms with Crippen molar-refractivity contribution >= 4 is 17.5 Å². The molecular weight excluding hydrogens is 329 g/mol. The third-order valence-electron chi connectivity index (χ3n) is 4.97. The third kappa shape index (κ3) is 2.68. The van der Waals surface area contributed by atoms with Gasteiger partial charge in [0.15, 0.2) is 0 Å². The van der Waals surface area contributed by atoms with E-state index in [1.807, 2.05) is 11.0 Å². The van der Waals surface area contributed by atoms with Gasteiger partial charge in [0.25, 0.3) is 5.91 Å². The standard InChI is InChI=1S/C18H17ClFN3O/c19-14-4-12(6-21-8-14)18(24)23-10-13-7-22-9-16(13)17(23)11-2-1-3-15(20)5-11/h1-6,8,13,16-17,22H,7,9-10H2/t13-,16-,17+/m0/s1. The Morgan fingerprint density at radius 2 is 2.17 bits per heavy atom. The fourth-order valence-corrected chi connectivity index (χ4v) is 4.12. The van der Waals surface area contributed by atoms with Crippen LogP contribution in [0.4, 0.5) is 4.39 Å². The second kappa shape index (κ2) is 6.15. The molecule has 0 bridgehead atoms. The normalized spacial score (nSPS) is 25.8. The smallest absolute Gasteiger partial charge is 0.256 e. The van der Waals surface area contributed by atoms with Crippen molar-refractivity contribution in [1.29, 1.82) is 0 Å². The minimum Gasteiger partial charge on any atom is -0.331 e. The van der Waals surface area contributed by atoms with Crippen LogP contribution < -0.4 is 5.32 Å². The van der Waals surface area contributed by atoms with Gasteiger partial charge in [0.1, 0.15) is 5.82 Å². The summed E-state index contributed by atoms with van der Waals surface area (Å²) in [5, 5.41) is 3.82. The van der Waals surface area contributed by atoms with Gasteiger partial charge >= 0.3 is 0 Å². The van der Waals surface area contributed by atoms with Crippen molar-refractivity contribution < 1.29 is 9.18 Å². The van der Waals surface area contributed by atoms with Gasteiger partial charge in [-0.2, -0.15) is 0 Å². The Balaban J connectivity index is 1.71. The van der Waals surface area contributed by atoms with Gasteiger partial charge in [-0.3, -0.25) is 9.78 Å². The Bertz CT molecular complexity index is 784. The lowest BCUT2D eigenvalue weighted by molar-refractivity contribution is 0.0713. The van der Waals surface area contributed by atoms with Crippen LogP contribution in [0.3, 0.4) is 0 Å². The van der Waals surface area contributed by atoms with E-state index in [9.17, 15) is 9.18 Å². The van der Waals surface area contributed by atoms with Crippen LogP contribution in [0.5, 0.6) is 0 Å². The molecule has 1 aromatic heterocycles. The number of likely N-dealkylation sites (tertiary alicyclic amines) is 1. The number of hydrogen-bond acceptors (Lipinski definition) is 3. The summed E-state index contributed by atoms with van der Waals surface area (Å²) >= 11 is 5.97. The highest BCUT2D eigenvalue weighted by molar-refractivity contribution is 6.30. The van der Waals surface area contributed by atoms with Crippen LogP contribution in [0.15, 0.2) is 42.7 Å². The first-order chi connectivity index (χ1) is 11.6. The molecule has 2 aromatic rings. The predicted molar refractivity (Wildman–Crippen MR) is 89.3 cm³/mol. The molecule has 6 heteroatoms. The lowest BCUT2D eigenvalue weighted by Crippen LogP contribution is -2.34. The van der Waals surface area contributed by atoms with E-state index in [0.717, 1.165) is 18.7 Å². The molecule has 1 amide bonds. The predicted octanol–water partition coefficient (Wildman–Crippen LogP) is 2.91. The summed E-state index contributed by atoms with van der Waals surface area (Å²) in [7, 11) is 0. The molecule has 2 fully saturated rings. The molecule has 0 spiro atoms. The zero-order chi connectivity index (χ0) is 16.7. The largest absolute Gasteiger partial charge is 0.331 e. The minimum atomic E-state index is -0.279. The number of pyridine rings is 1. The van der Waals surface area contributed by atoms with Gasteiger partial charge in [-0.05, 0) is 29.7 Å². The Hall–Kier alpha value is -1.98. The number of fused-ring (bicyclic) bond motifs is 1. The van der Waals surface area contributed by atoms with Gasteiger partial charge in [-0.25, -0.2) is 4.39 Å². The maximum atomic E-state index is 13.7. The van der Waals surface area contributed by atoms with Gasteiger partial charge in [-0.1, -0.05) is 23.7 Å². The molecule has 3 atom stereocenters. The van der Waals surface area contributed by atoms with Crippen LogP contribution in [-0.4, -0.2) is 35.4 Å². The molecule has 2 aliphatic heterocycles. The molecule has 24 heavy (non-hydrogen) atoms. The Labute approximate surface area is 144 Å². The Morgan fingerprint density at radius 1 is 1.29 bits per heavy atom. The SMILES string of the molecule is O=C(c1cncc(Cl)c1)N1C[C@@H]2CNC[C@@H]2[C@H]1c1cccc(F)c1. The first-order valence-corrected chi connectivity index (χ1v) is 8.39. The molecule has 1 N–H and O–H groups in total. The Morgan fingerprint density at radius 3 is 2.96 bits per heavy atom. The summed E-state index contributed by atoms with van der Waals surface area (Å²) in [5.74, 6) is 0.296. The monoisotopic (exact) mass is 345 g/mol. The highest BCUT2D eigenvalue weighted by Crippen LogP contribution is 2.43. The number of amides is 1. The first kappa shape index (κ1) is 15.5. The van der Waals surface area contributed by atoms with Crippen LogP contribution in [0, 0.1) is 17.7 Å².